The maximum absolute atomic E-state index is 9.33. The zero-order chi connectivity index (χ0) is 9.31. The SMILES string of the molecule is NN1CC(CO)(c2ccccc2)C1. The van der Waals surface area contributed by atoms with Crippen molar-refractivity contribution in [3.05, 3.63) is 35.9 Å². The quantitative estimate of drug-likeness (QED) is 0.632. The van der Waals surface area contributed by atoms with Crippen molar-refractivity contribution in [2.24, 2.45) is 5.84 Å². The molecule has 0 unspecified atom stereocenters. The maximum Gasteiger partial charge on any atom is 0.0553 e. The molecule has 0 spiro atoms. The fourth-order valence-corrected chi connectivity index (χ4v) is 1.90. The summed E-state index contributed by atoms with van der Waals surface area (Å²) in [6.45, 7) is 1.66. The molecule has 0 radical (unpaired) electrons. The topological polar surface area (TPSA) is 49.5 Å². The number of rotatable bonds is 2. The standard InChI is InChI=1S/C10H14N2O/c11-12-6-10(7-12,8-13)9-4-2-1-3-5-9/h1-5,13H,6-8,11H2. The Morgan fingerprint density at radius 1 is 1.31 bits per heavy atom. The van der Waals surface area contributed by atoms with Gasteiger partial charge in [-0.3, -0.25) is 5.84 Å². The third-order valence-electron chi connectivity index (χ3n) is 2.70. The third-order valence-corrected chi connectivity index (χ3v) is 2.70. The van der Waals surface area contributed by atoms with Gasteiger partial charge in [0.2, 0.25) is 0 Å². The first-order valence-electron chi connectivity index (χ1n) is 4.43. The summed E-state index contributed by atoms with van der Waals surface area (Å²) in [7, 11) is 0. The van der Waals surface area contributed by atoms with Crippen molar-refractivity contribution in [2.75, 3.05) is 19.7 Å². The van der Waals surface area contributed by atoms with Gasteiger partial charge in [0, 0.05) is 18.5 Å². The number of nitrogens with two attached hydrogens (primary N) is 1. The number of aliphatic hydroxyl groups is 1. The Labute approximate surface area is 77.7 Å². The van der Waals surface area contributed by atoms with E-state index in [0.717, 1.165) is 13.1 Å². The van der Waals surface area contributed by atoms with Gasteiger partial charge in [0.1, 0.15) is 0 Å². The Balaban J connectivity index is 2.24. The normalized spacial score (nSPS) is 21.1. The maximum atomic E-state index is 9.33. The van der Waals surface area contributed by atoms with Gasteiger partial charge >= 0.3 is 0 Å². The van der Waals surface area contributed by atoms with Crippen LogP contribution in [0.15, 0.2) is 30.3 Å². The molecule has 1 heterocycles. The van der Waals surface area contributed by atoms with Gasteiger partial charge in [-0.25, -0.2) is 5.01 Å². The minimum Gasteiger partial charge on any atom is -0.395 e. The van der Waals surface area contributed by atoms with Crippen molar-refractivity contribution < 1.29 is 5.11 Å². The highest BCUT2D eigenvalue weighted by molar-refractivity contribution is 5.29. The first-order chi connectivity index (χ1) is 6.27. The van der Waals surface area contributed by atoms with Gasteiger partial charge in [0.25, 0.3) is 0 Å². The molecule has 1 aliphatic rings. The highest BCUT2D eigenvalue weighted by atomic mass is 16.3. The van der Waals surface area contributed by atoms with E-state index in [1.807, 2.05) is 30.3 Å². The van der Waals surface area contributed by atoms with Crippen LogP contribution < -0.4 is 5.84 Å². The predicted molar refractivity (Wildman–Crippen MR) is 51.0 cm³/mol. The Morgan fingerprint density at radius 2 is 1.92 bits per heavy atom. The molecule has 13 heavy (non-hydrogen) atoms. The van der Waals surface area contributed by atoms with E-state index in [0.29, 0.717) is 0 Å². The first-order valence-corrected chi connectivity index (χ1v) is 4.43. The van der Waals surface area contributed by atoms with Gasteiger partial charge in [-0.2, -0.15) is 0 Å². The molecule has 0 bridgehead atoms. The fraction of sp³-hybridized carbons (Fsp3) is 0.400. The molecule has 0 amide bonds. The van der Waals surface area contributed by atoms with E-state index in [-0.39, 0.29) is 12.0 Å². The zero-order valence-corrected chi connectivity index (χ0v) is 7.48. The lowest BCUT2D eigenvalue weighted by molar-refractivity contribution is 0.0193. The summed E-state index contributed by atoms with van der Waals surface area (Å²) in [4.78, 5) is 0. The number of hydrogen-bond donors (Lipinski definition) is 2. The molecule has 3 nitrogen and oxygen atoms in total. The van der Waals surface area contributed by atoms with Crippen molar-refractivity contribution in [1.82, 2.24) is 5.01 Å². The van der Waals surface area contributed by atoms with E-state index in [1.54, 1.807) is 5.01 Å². The number of hydrogen-bond acceptors (Lipinski definition) is 3. The van der Waals surface area contributed by atoms with E-state index in [4.69, 9.17) is 5.84 Å². The van der Waals surface area contributed by atoms with Crippen molar-refractivity contribution in [3.8, 4) is 0 Å². The second-order valence-electron chi connectivity index (χ2n) is 3.71. The summed E-state index contributed by atoms with van der Waals surface area (Å²) in [5.74, 6) is 5.59. The minimum absolute atomic E-state index is 0.115. The summed E-state index contributed by atoms with van der Waals surface area (Å²) in [6.07, 6.45) is 0. The van der Waals surface area contributed by atoms with E-state index >= 15 is 0 Å². The van der Waals surface area contributed by atoms with E-state index in [1.165, 1.54) is 5.56 Å². The smallest absolute Gasteiger partial charge is 0.0553 e. The van der Waals surface area contributed by atoms with Crippen LogP contribution in [-0.2, 0) is 5.41 Å². The van der Waals surface area contributed by atoms with Crippen molar-refractivity contribution in [3.63, 3.8) is 0 Å². The van der Waals surface area contributed by atoms with Crippen LogP contribution in [0.3, 0.4) is 0 Å². The molecule has 0 aliphatic carbocycles. The number of hydrazine groups is 1. The molecular formula is C10H14N2O. The second kappa shape index (κ2) is 3.10. The van der Waals surface area contributed by atoms with Crippen LogP contribution in [0.4, 0.5) is 0 Å². The minimum atomic E-state index is -0.115. The van der Waals surface area contributed by atoms with E-state index < -0.39 is 0 Å². The lowest BCUT2D eigenvalue weighted by Gasteiger charge is -2.47. The Bertz CT molecular complexity index is 280. The molecule has 3 N–H and O–H groups in total. The highest BCUT2D eigenvalue weighted by Gasteiger charge is 2.42. The number of benzene rings is 1. The van der Waals surface area contributed by atoms with Gasteiger partial charge in [-0.1, -0.05) is 30.3 Å². The van der Waals surface area contributed by atoms with Crippen LogP contribution in [0.2, 0.25) is 0 Å². The second-order valence-corrected chi connectivity index (χ2v) is 3.71. The number of nitrogens with zero attached hydrogens (tertiary/aromatic N) is 1. The molecule has 1 saturated heterocycles. The zero-order valence-electron chi connectivity index (χ0n) is 7.48. The highest BCUT2D eigenvalue weighted by Crippen LogP contribution is 2.31. The lowest BCUT2D eigenvalue weighted by atomic mass is 9.75. The van der Waals surface area contributed by atoms with Crippen LogP contribution in [0, 0.1) is 0 Å². The summed E-state index contributed by atoms with van der Waals surface area (Å²) in [6, 6.07) is 10.1. The molecule has 1 aromatic rings. The Hall–Kier alpha value is -0.900. The molecule has 3 heteroatoms. The molecule has 0 saturated carbocycles. The van der Waals surface area contributed by atoms with Gasteiger partial charge in [0.15, 0.2) is 0 Å². The largest absolute Gasteiger partial charge is 0.395 e. The molecule has 0 aromatic heterocycles. The average Bonchev–Trinajstić information content (AvgIpc) is 2.14. The van der Waals surface area contributed by atoms with Crippen molar-refractivity contribution >= 4 is 0 Å². The van der Waals surface area contributed by atoms with Gasteiger partial charge in [0.05, 0.1) is 6.61 Å². The molecule has 1 aliphatic heterocycles. The summed E-state index contributed by atoms with van der Waals surface area (Å²) in [5.41, 5.74) is 1.06. The molecule has 70 valence electrons. The molecule has 2 rings (SSSR count). The van der Waals surface area contributed by atoms with E-state index in [2.05, 4.69) is 0 Å². The van der Waals surface area contributed by atoms with Crippen molar-refractivity contribution in [1.29, 1.82) is 0 Å². The number of aliphatic hydroxyl groups excluding tert-OH is 1. The molecule has 1 fully saturated rings. The van der Waals surface area contributed by atoms with Crippen LogP contribution in [0.25, 0.3) is 0 Å². The van der Waals surface area contributed by atoms with Crippen molar-refractivity contribution in [2.45, 2.75) is 5.41 Å². The first kappa shape index (κ1) is 8.69. The molecule has 1 aromatic carbocycles. The fourth-order valence-electron chi connectivity index (χ4n) is 1.90. The predicted octanol–water partition coefficient (Wildman–Crippen LogP) is 0.106. The van der Waals surface area contributed by atoms with Crippen LogP contribution in [0.1, 0.15) is 5.56 Å². The molecular weight excluding hydrogens is 164 g/mol. The van der Waals surface area contributed by atoms with Crippen LogP contribution >= 0.6 is 0 Å². The third kappa shape index (κ3) is 1.35. The van der Waals surface area contributed by atoms with E-state index in [9.17, 15) is 5.11 Å². The lowest BCUT2D eigenvalue weighted by Crippen LogP contribution is -2.63. The summed E-state index contributed by atoms with van der Waals surface area (Å²) < 4.78 is 0. The summed E-state index contributed by atoms with van der Waals surface area (Å²) >= 11 is 0. The van der Waals surface area contributed by atoms with Crippen LogP contribution in [-0.4, -0.2) is 29.8 Å². The van der Waals surface area contributed by atoms with Gasteiger partial charge in [-0.05, 0) is 5.56 Å². The summed E-state index contributed by atoms with van der Waals surface area (Å²) in [5, 5.41) is 11.1. The Kier molecular flexibility index (Phi) is 2.07. The van der Waals surface area contributed by atoms with Gasteiger partial charge < -0.3 is 5.11 Å². The molecule has 0 atom stereocenters. The van der Waals surface area contributed by atoms with Gasteiger partial charge in [-0.15, -0.1) is 0 Å². The Morgan fingerprint density at radius 3 is 2.38 bits per heavy atom. The monoisotopic (exact) mass is 178 g/mol. The van der Waals surface area contributed by atoms with Crippen LogP contribution in [0.5, 0.6) is 0 Å². The average molecular weight is 178 g/mol.